The molecule has 0 unspecified atom stereocenters. The Morgan fingerprint density at radius 3 is 2.90 bits per heavy atom. The van der Waals surface area contributed by atoms with Crippen LogP contribution in [0.3, 0.4) is 0 Å². The smallest absolute Gasteiger partial charge is 0.264 e. The van der Waals surface area contributed by atoms with E-state index in [4.69, 9.17) is 0 Å². The number of carbonyl (C=O) groups is 1. The van der Waals surface area contributed by atoms with Gasteiger partial charge < -0.3 is 4.90 Å². The van der Waals surface area contributed by atoms with Crippen molar-refractivity contribution in [2.24, 2.45) is 0 Å². The molecule has 0 bridgehead atoms. The van der Waals surface area contributed by atoms with E-state index in [-0.39, 0.29) is 5.91 Å². The molecule has 1 amide bonds. The predicted molar refractivity (Wildman–Crippen MR) is 83.9 cm³/mol. The average molecular weight is 351 g/mol. The summed E-state index contributed by atoms with van der Waals surface area (Å²) in [6, 6.07) is 6.29. The first-order valence-electron chi connectivity index (χ1n) is 6.61. The van der Waals surface area contributed by atoms with Crippen LogP contribution in [0.15, 0.2) is 34.4 Å². The van der Waals surface area contributed by atoms with Crippen LogP contribution in [0.2, 0.25) is 0 Å². The highest BCUT2D eigenvalue weighted by Gasteiger charge is 2.33. The maximum absolute atomic E-state index is 12.7. The van der Waals surface area contributed by atoms with Gasteiger partial charge in [-0.15, -0.1) is 11.3 Å². The van der Waals surface area contributed by atoms with Crippen LogP contribution in [0, 0.1) is 6.92 Å². The Balaban J connectivity index is 1.82. The molecule has 1 aliphatic rings. The van der Waals surface area contributed by atoms with Crippen LogP contribution in [0.25, 0.3) is 0 Å². The fourth-order valence-electron chi connectivity index (χ4n) is 2.15. The quantitative estimate of drug-likeness (QED) is 0.834. The third-order valence-electron chi connectivity index (χ3n) is 3.39. The summed E-state index contributed by atoms with van der Waals surface area (Å²) in [5, 5.41) is 0. The van der Waals surface area contributed by atoms with Crippen LogP contribution < -0.4 is 0 Å². The molecule has 1 fully saturated rings. The van der Waals surface area contributed by atoms with Crippen LogP contribution in [0.4, 0.5) is 0 Å². The van der Waals surface area contributed by atoms with E-state index in [1.807, 2.05) is 36.2 Å². The molecule has 0 spiro atoms. The van der Waals surface area contributed by atoms with E-state index in [1.165, 1.54) is 11.3 Å². The maximum Gasteiger partial charge on any atom is 0.264 e. The van der Waals surface area contributed by atoms with Crippen molar-refractivity contribution in [3.05, 3.63) is 50.4 Å². The van der Waals surface area contributed by atoms with Gasteiger partial charge in [0.2, 0.25) is 0 Å². The second kappa shape index (κ2) is 5.66. The summed E-state index contributed by atoms with van der Waals surface area (Å²) in [5.41, 5.74) is 2.20. The van der Waals surface area contributed by atoms with Crippen molar-refractivity contribution in [1.82, 2.24) is 9.88 Å². The summed E-state index contributed by atoms with van der Waals surface area (Å²) in [6.45, 7) is 2.66. The zero-order chi connectivity index (χ0) is 14.1. The van der Waals surface area contributed by atoms with Gasteiger partial charge in [-0.1, -0.05) is 6.07 Å². The molecule has 104 valence electrons. The Morgan fingerprint density at radius 2 is 2.35 bits per heavy atom. The average Bonchev–Trinajstić information content (AvgIpc) is 3.23. The molecule has 3 nitrogen and oxygen atoms in total. The number of nitrogens with zero attached hydrogens (tertiary/aromatic N) is 2. The summed E-state index contributed by atoms with van der Waals surface area (Å²) >= 11 is 5.01. The van der Waals surface area contributed by atoms with E-state index in [2.05, 4.69) is 20.9 Å². The molecule has 2 aromatic heterocycles. The highest BCUT2D eigenvalue weighted by molar-refractivity contribution is 9.11. The van der Waals surface area contributed by atoms with Crippen molar-refractivity contribution in [2.45, 2.75) is 32.4 Å². The summed E-state index contributed by atoms with van der Waals surface area (Å²) in [5.74, 6) is 0.134. The molecule has 2 heterocycles. The van der Waals surface area contributed by atoms with Crippen molar-refractivity contribution in [1.29, 1.82) is 0 Å². The van der Waals surface area contributed by atoms with Gasteiger partial charge in [-0.2, -0.15) is 0 Å². The SMILES string of the molecule is Cc1cc(C(=O)N(Cc2cccnc2)C2CC2)sc1Br. The molecule has 2 aromatic rings. The van der Waals surface area contributed by atoms with E-state index in [0.29, 0.717) is 12.6 Å². The molecule has 0 saturated heterocycles. The largest absolute Gasteiger partial charge is 0.331 e. The highest BCUT2D eigenvalue weighted by atomic mass is 79.9. The van der Waals surface area contributed by atoms with E-state index >= 15 is 0 Å². The number of aromatic nitrogens is 1. The summed E-state index contributed by atoms with van der Waals surface area (Å²) in [4.78, 5) is 19.6. The molecule has 3 rings (SSSR count). The number of halogens is 1. The van der Waals surface area contributed by atoms with Crippen LogP contribution in [-0.4, -0.2) is 21.8 Å². The number of pyridine rings is 1. The van der Waals surface area contributed by atoms with Gasteiger partial charge >= 0.3 is 0 Å². The molecule has 1 aliphatic carbocycles. The van der Waals surface area contributed by atoms with Gasteiger partial charge in [0.05, 0.1) is 8.66 Å². The lowest BCUT2D eigenvalue weighted by Gasteiger charge is -2.21. The number of rotatable bonds is 4. The number of hydrogen-bond donors (Lipinski definition) is 0. The maximum atomic E-state index is 12.7. The Labute approximate surface area is 130 Å². The van der Waals surface area contributed by atoms with Crippen molar-refractivity contribution in [2.75, 3.05) is 0 Å². The Bertz CT molecular complexity index is 603. The number of hydrogen-bond acceptors (Lipinski definition) is 3. The van der Waals surface area contributed by atoms with Crippen LogP contribution in [-0.2, 0) is 6.54 Å². The fourth-order valence-corrected chi connectivity index (χ4v) is 3.64. The molecule has 20 heavy (non-hydrogen) atoms. The number of aryl methyl sites for hydroxylation is 1. The molecule has 5 heteroatoms. The third kappa shape index (κ3) is 2.94. The standard InChI is InChI=1S/C15H15BrN2OS/c1-10-7-13(20-14(10)16)15(19)18(12-4-5-12)9-11-3-2-6-17-8-11/h2-3,6-8,12H,4-5,9H2,1H3. The summed E-state index contributed by atoms with van der Waals surface area (Å²) in [6.07, 6.45) is 5.81. The van der Waals surface area contributed by atoms with Gasteiger partial charge in [0.25, 0.3) is 5.91 Å². The fraction of sp³-hybridized carbons (Fsp3) is 0.333. The molecule has 0 radical (unpaired) electrons. The van der Waals surface area contributed by atoms with Crippen LogP contribution >= 0.6 is 27.3 Å². The number of carbonyl (C=O) groups excluding carboxylic acids is 1. The molecular weight excluding hydrogens is 336 g/mol. The molecule has 0 aromatic carbocycles. The van der Waals surface area contributed by atoms with Crippen molar-refractivity contribution in [3.63, 3.8) is 0 Å². The van der Waals surface area contributed by atoms with Crippen molar-refractivity contribution in [3.8, 4) is 0 Å². The Hall–Kier alpha value is -1.20. The lowest BCUT2D eigenvalue weighted by molar-refractivity contribution is 0.0734. The normalized spacial score (nSPS) is 14.3. The minimum absolute atomic E-state index is 0.134. The minimum Gasteiger partial charge on any atom is -0.331 e. The van der Waals surface area contributed by atoms with Gasteiger partial charge in [0.1, 0.15) is 0 Å². The van der Waals surface area contributed by atoms with Gasteiger partial charge in [0.15, 0.2) is 0 Å². The summed E-state index contributed by atoms with van der Waals surface area (Å²) in [7, 11) is 0. The second-order valence-electron chi connectivity index (χ2n) is 5.09. The van der Waals surface area contributed by atoms with E-state index in [0.717, 1.165) is 32.6 Å². The predicted octanol–water partition coefficient (Wildman–Crippen LogP) is 4.02. The molecule has 0 aliphatic heterocycles. The van der Waals surface area contributed by atoms with E-state index in [9.17, 15) is 4.79 Å². The first kappa shape index (κ1) is 13.8. The Kier molecular flexibility index (Phi) is 3.89. The summed E-state index contributed by atoms with van der Waals surface area (Å²) < 4.78 is 1.04. The van der Waals surface area contributed by atoms with Crippen LogP contribution in [0.1, 0.15) is 33.6 Å². The first-order chi connectivity index (χ1) is 9.65. The van der Waals surface area contributed by atoms with Gasteiger partial charge in [-0.3, -0.25) is 9.78 Å². The molecule has 0 N–H and O–H groups in total. The third-order valence-corrected chi connectivity index (χ3v) is 5.52. The van der Waals surface area contributed by atoms with Crippen molar-refractivity contribution < 1.29 is 4.79 Å². The minimum atomic E-state index is 0.134. The van der Waals surface area contributed by atoms with Crippen LogP contribution in [0.5, 0.6) is 0 Å². The lowest BCUT2D eigenvalue weighted by atomic mass is 10.2. The molecular formula is C15H15BrN2OS. The molecule has 0 atom stereocenters. The van der Waals surface area contributed by atoms with Gasteiger partial charge in [-0.25, -0.2) is 0 Å². The number of amides is 1. The zero-order valence-electron chi connectivity index (χ0n) is 11.2. The topological polar surface area (TPSA) is 33.2 Å². The van der Waals surface area contributed by atoms with E-state index < -0.39 is 0 Å². The monoisotopic (exact) mass is 350 g/mol. The van der Waals surface area contributed by atoms with Gasteiger partial charge in [-0.05, 0) is 59.0 Å². The first-order valence-corrected chi connectivity index (χ1v) is 8.22. The molecule has 1 saturated carbocycles. The van der Waals surface area contributed by atoms with Crippen molar-refractivity contribution >= 4 is 33.2 Å². The van der Waals surface area contributed by atoms with Gasteiger partial charge in [0, 0.05) is 25.0 Å². The highest BCUT2D eigenvalue weighted by Crippen LogP contribution is 2.33. The zero-order valence-corrected chi connectivity index (χ0v) is 13.6. The lowest BCUT2D eigenvalue weighted by Crippen LogP contribution is -2.32. The van der Waals surface area contributed by atoms with E-state index in [1.54, 1.807) is 6.20 Å². The second-order valence-corrected chi connectivity index (χ2v) is 7.46. The Morgan fingerprint density at radius 1 is 1.55 bits per heavy atom. The number of thiophene rings is 1.